The minimum absolute atomic E-state index is 0.222. The number of amides is 2. The van der Waals surface area contributed by atoms with Crippen molar-refractivity contribution < 1.29 is 4.79 Å². The fourth-order valence-electron chi connectivity index (χ4n) is 2.14. The monoisotopic (exact) mass is 308 g/mol. The zero-order valence-electron chi connectivity index (χ0n) is 12.6. The average Bonchev–Trinajstić information content (AvgIpc) is 3.02. The molecule has 0 saturated heterocycles. The van der Waals surface area contributed by atoms with Gasteiger partial charge in [-0.3, -0.25) is 0 Å². The van der Waals surface area contributed by atoms with Crippen LogP contribution in [0.5, 0.6) is 0 Å². The van der Waals surface area contributed by atoms with Gasteiger partial charge in [-0.2, -0.15) is 4.68 Å². The zero-order chi connectivity index (χ0) is 16.1. The van der Waals surface area contributed by atoms with Crippen molar-refractivity contribution in [3.8, 4) is 5.69 Å². The Balaban J connectivity index is 1.63. The molecular weight excluding hydrogens is 292 g/mol. The largest absolute Gasteiger partial charge is 0.330 e. The highest BCUT2D eigenvalue weighted by Gasteiger charge is 2.09. The molecule has 1 heterocycles. The molecule has 2 amide bonds. The Morgan fingerprint density at radius 1 is 1.13 bits per heavy atom. The van der Waals surface area contributed by atoms with E-state index in [0.29, 0.717) is 5.82 Å². The van der Waals surface area contributed by atoms with Gasteiger partial charge in [0.25, 0.3) is 0 Å². The molecule has 7 nitrogen and oxygen atoms in total. The molecule has 2 aromatic carbocycles. The van der Waals surface area contributed by atoms with Crippen molar-refractivity contribution in [2.24, 2.45) is 0 Å². The Bertz CT molecular complexity index is 799. The number of aromatic nitrogens is 4. The number of urea groups is 1. The zero-order valence-corrected chi connectivity index (χ0v) is 12.6. The molecule has 0 aliphatic carbocycles. The third-order valence-electron chi connectivity index (χ3n) is 3.22. The number of benzene rings is 2. The number of aryl methyl sites for hydroxylation is 1. The van der Waals surface area contributed by atoms with Crippen LogP contribution >= 0.6 is 0 Å². The van der Waals surface area contributed by atoms with E-state index in [0.717, 1.165) is 16.9 Å². The molecule has 1 aromatic heterocycles. The van der Waals surface area contributed by atoms with Gasteiger partial charge in [0.1, 0.15) is 0 Å². The molecule has 3 rings (SSSR count). The summed E-state index contributed by atoms with van der Waals surface area (Å²) < 4.78 is 1.59. The average molecular weight is 308 g/mol. The lowest BCUT2D eigenvalue weighted by Gasteiger charge is -2.08. The van der Waals surface area contributed by atoms with E-state index in [1.807, 2.05) is 61.5 Å². The van der Waals surface area contributed by atoms with E-state index in [4.69, 9.17) is 0 Å². The number of para-hydroxylation sites is 1. The Hall–Kier alpha value is -3.22. The summed E-state index contributed by atoms with van der Waals surface area (Å²) in [6.45, 7) is 2.19. The number of tetrazole rings is 1. The first-order valence-corrected chi connectivity index (χ1v) is 7.16. The fourth-order valence-corrected chi connectivity index (χ4v) is 2.14. The Morgan fingerprint density at radius 3 is 2.74 bits per heavy atom. The van der Waals surface area contributed by atoms with Gasteiger partial charge < -0.3 is 10.6 Å². The summed E-state index contributed by atoms with van der Waals surface area (Å²) in [4.78, 5) is 12.0. The van der Waals surface area contributed by atoms with Crippen molar-refractivity contribution >= 4 is 11.7 Å². The second-order valence-electron chi connectivity index (χ2n) is 5.02. The number of nitrogens with zero attached hydrogens (tertiary/aromatic N) is 4. The van der Waals surface area contributed by atoms with Crippen molar-refractivity contribution in [2.75, 3.05) is 5.32 Å². The molecule has 3 aromatic rings. The summed E-state index contributed by atoms with van der Waals surface area (Å²) in [6, 6.07) is 16.8. The molecule has 0 aliphatic rings. The molecule has 0 atom stereocenters. The quantitative estimate of drug-likeness (QED) is 0.774. The number of carbonyl (C=O) groups excluding carboxylic acids is 1. The predicted molar refractivity (Wildman–Crippen MR) is 86.2 cm³/mol. The summed E-state index contributed by atoms with van der Waals surface area (Å²) in [6.07, 6.45) is 0. The minimum atomic E-state index is -0.307. The van der Waals surface area contributed by atoms with Crippen molar-refractivity contribution in [3.05, 3.63) is 66.0 Å². The third-order valence-corrected chi connectivity index (χ3v) is 3.22. The highest BCUT2D eigenvalue weighted by molar-refractivity contribution is 5.89. The summed E-state index contributed by atoms with van der Waals surface area (Å²) in [5, 5.41) is 17.1. The second-order valence-corrected chi connectivity index (χ2v) is 5.02. The first kappa shape index (κ1) is 14.7. The van der Waals surface area contributed by atoms with Crippen LogP contribution in [0, 0.1) is 6.92 Å². The van der Waals surface area contributed by atoms with E-state index in [9.17, 15) is 4.79 Å². The first-order valence-electron chi connectivity index (χ1n) is 7.16. The summed E-state index contributed by atoms with van der Waals surface area (Å²) in [5.74, 6) is 0.551. The Morgan fingerprint density at radius 2 is 1.96 bits per heavy atom. The molecule has 7 heteroatoms. The number of hydrogen-bond acceptors (Lipinski definition) is 4. The molecule has 0 unspecified atom stereocenters. The van der Waals surface area contributed by atoms with Crippen molar-refractivity contribution in [2.45, 2.75) is 13.5 Å². The van der Waals surface area contributed by atoms with Crippen LogP contribution in [0.25, 0.3) is 5.69 Å². The van der Waals surface area contributed by atoms with Crippen LogP contribution in [0.15, 0.2) is 54.6 Å². The molecular formula is C16H16N6O. The number of anilines is 1. The highest BCUT2D eigenvalue weighted by atomic mass is 16.2. The van der Waals surface area contributed by atoms with Crippen LogP contribution in [0.3, 0.4) is 0 Å². The van der Waals surface area contributed by atoms with Crippen LogP contribution in [-0.2, 0) is 6.54 Å². The van der Waals surface area contributed by atoms with Crippen LogP contribution in [0.1, 0.15) is 11.4 Å². The fraction of sp³-hybridized carbons (Fsp3) is 0.125. The van der Waals surface area contributed by atoms with Crippen molar-refractivity contribution in [1.82, 2.24) is 25.5 Å². The van der Waals surface area contributed by atoms with Gasteiger partial charge in [-0.15, -0.1) is 5.10 Å². The van der Waals surface area contributed by atoms with Crippen molar-refractivity contribution in [1.29, 1.82) is 0 Å². The third kappa shape index (κ3) is 3.70. The lowest BCUT2D eigenvalue weighted by Crippen LogP contribution is -2.29. The maximum Gasteiger partial charge on any atom is 0.319 e. The predicted octanol–water partition coefficient (Wildman–Crippen LogP) is 2.29. The lowest BCUT2D eigenvalue weighted by molar-refractivity contribution is 0.251. The number of nitrogens with one attached hydrogen (secondary N) is 2. The lowest BCUT2D eigenvalue weighted by atomic mass is 10.2. The molecule has 116 valence electrons. The van der Waals surface area contributed by atoms with Gasteiger partial charge in [0.15, 0.2) is 5.82 Å². The molecule has 0 radical (unpaired) electrons. The maximum absolute atomic E-state index is 12.0. The summed E-state index contributed by atoms with van der Waals surface area (Å²) in [7, 11) is 0. The number of hydrogen-bond donors (Lipinski definition) is 2. The topological polar surface area (TPSA) is 84.7 Å². The summed E-state index contributed by atoms with van der Waals surface area (Å²) in [5.41, 5.74) is 2.66. The number of rotatable bonds is 4. The Labute approximate surface area is 133 Å². The molecule has 23 heavy (non-hydrogen) atoms. The van der Waals surface area contributed by atoms with Crippen LogP contribution in [-0.4, -0.2) is 26.2 Å². The van der Waals surface area contributed by atoms with Gasteiger partial charge in [-0.1, -0.05) is 30.3 Å². The van der Waals surface area contributed by atoms with Gasteiger partial charge in [-0.25, -0.2) is 4.79 Å². The van der Waals surface area contributed by atoms with E-state index in [-0.39, 0.29) is 12.6 Å². The maximum atomic E-state index is 12.0. The molecule has 0 aliphatic heterocycles. The molecule has 0 saturated carbocycles. The molecule has 0 bridgehead atoms. The standard InChI is InChI=1S/C16H16N6O/c1-12-6-5-7-13(10-12)18-16(23)17-11-15-19-20-21-22(15)14-8-3-2-4-9-14/h2-10H,11H2,1H3,(H2,17,18,23). The highest BCUT2D eigenvalue weighted by Crippen LogP contribution is 2.09. The SMILES string of the molecule is Cc1cccc(NC(=O)NCc2nnnn2-c2ccccc2)c1. The Kier molecular flexibility index (Phi) is 4.28. The molecule has 0 spiro atoms. The van der Waals surface area contributed by atoms with Crippen molar-refractivity contribution in [3.63, 3.8) is 0 Å². The normalized spacial score (nSPS) is 10.3. The van der Waals surface area contributed by atoms with Gasteiger partial charge in [0.05, 0.1) is 12.2 Å². The van der Waals surface area contributed by atoms with E-state index < -0.39 is 0 Å². The van der Waals surface area contributed by atoms with Crippen LogP contribution in [0.4, 0.5) is 10.5 Å². The molecule has 2 N–H and O–H groups in total. The first-order chi connectivity index (χ1) is 11.2. The van der Waals surface area contributed by atoms with E-state index in [1.165, 1.54) is 0 Å². The number of carbonyl (C=O) groups is 1. The van der Waals surface area contributed by atoms with Crippen LogP contribution in [0.2, 0.25) is 0 Å². The molecule has 0 fully saturated rings. The van der Waals surface area contributed by atoms with Gasteiger partial charge in [-0.05, 0) is 47.2 Å². The van der Waals surface area contributed by atoms with E-state index >= 15 is 0 Å². The smallest absolute Gasteiger partial charge is 0.319 e. The van der Waals surface area contributed by atoms with E-state index in [2.05, 4.69) is 26.2 Å². The van der Waals surface area contributed by atoms with Gasteiger partial charge >= 0.3 is 6.03 Å². The van der Waals surface area contributed by atoms with Crippen LogP contribution < -0.4 is 10.6 Å². The van der Waals surface area contributed by atoms with E-state index in [1.54, 1.807) is 4.68 Å². The summed E-state index contributed by atoms with van der Waals surface area (Å²) >= 11 is 0. The second kappa shape index (κ2) is 6.69. The van der Waals surface area contributed by atoms with Gasteiger partial charge in [0, 0.05) is 5.69 Å². The van der Waals surface area contributed by atoms with Gasteiger partial charge in [0.2, 0.25) is 0 Å². The minimum Gasteiger partial charge on any atom is -0.330 e.